The van der Waals surface area contributed by atoms with Crippen LogP contribution in [-0.4, -0.2) is 29.0 Å². The van der Waals surface area contributed by atoms with Crippen LogP contribution < -0.4 is 16.4 Å². The number of benzene rings is 2. The monoisotopic (exact) mass is 367 g/mol. The number of amides is 2. The molecule has 2 amide bonds. The lowest BCUT2D eigenvalue weighted by molar-refractivity contribution is -0.129. The Morgan fingerprint density at radius 2 is 1.89 bits per heavy atom. The van der Waals surface area contributed by atoms with E-state index in [0.717, 1.165) is 27.8 Å². The Bertz CT molecular complexity index is 856. The van der Waals surface area contributed by atoms with Gasteiger partial charge in [-0.15, -0.1) is 0 Å². The maximum atomic E-state index is 12.6. The average Bonchev–Trinajstić information content (AvgIpc) is 2.77. The van der Waals surface area contributed by atoms with Crippen LogP contribution in [0.25, 0.3) is 0 Å². The zero-order valence-electron chi connectivity index (χ0n) is 15.6. The maximum absolute atomic E-state index is 12.6. The van der Waals surface area contributed by atoms with Gasteiger partial charge in [0.2, 0.25) is 11.8 Å². The Hall–Kier alpha value is -2.86. The highest BCUT2D eigenvalue weighted by Crippen LogP contribution is 2.22. The Labute approximate surface area is 158 Å². The van der Waals surface area contributed by atoms with E-state index < -0.39 is 12.1 Å². The first-order chi connectivity index (χ1) is 12.8. The predicted octanol–water partition coefficient (Wildman–Crippen LogP) is 1.24. The van der Waals surface area contributed by atoms with Gasteiger partial charge in [0.25, 0.3) is 0 Å². The number of phenols is 1. The van der Waals surface area contributed by atoms with Crippen molar-refractivity contribution in [2.24, 2.45) is 5.73 Å². The molecule has 2 aromatic carbocycles. The molecule has 0 saturated carbocycles. The summed E-state index contributed by atoms with van der Waals surface area (Å²) in [6.45, 7) is 4.21. The van der Waals surface area contributed by atoms with Crippen LogP contribution in [0.15, 0.2) is 36.4 Å². The lowest BCUT2D eigenvalue weighted by Gasteiger charge is -2.20. The highest BCUT2D eigenvalue weighted by atomic mass is 16.3. The molecule has 2 atom stereocenters. The molecule has 1 aliphatic rings. The Morgan fingerprint density at radius 3 is 2.56 bits per heavy atom. The second kappa shape index (κ2) is 7.80. The first-order valence-corrected chi connectivity index (χ1v) is 9.04. The van der Waals surface area contributed by atoms with E-state index in [-0.39, 0.29) is 17.6 Å². The molecule has 5 N–H and O–H groups in total. The Balaban J connectivity index is 1.70. The fourth-order valence-electron chi connectivity index (χ4n) is 3.55. The molecule has 1 aliphatic heterocycles. The van der Waals surface area contributed by atoms with Crippen molar-refractivity contribution in [1.82, 2.24) is 10.6 Å². The fourth-order valence-corrected chi connectivity index (χ4v) is 3.55. The van der Waals surface area contributed by atoms with E-state index in [0.29, 0.717) is 19.4 Å². The van der Waals surface area contributed by atoms with Gasteiger partial charge in [-0.05, 0) is 60.2 Å². The summed E-state index contributed by atoms with van der Waals surface area (Å²) in [5, 5.41) is 15.3. The van der Waals surface area contributed by atoms with Crippen molar-refractivity contribution < 1.29 is 14.7 Å². The lowest BCUT2D eigenvalue weighted by Crippen LogP contribution is -2.52. The average molecular weight is 367 g/mol. The van der Waals surface area contributed by atoms with Gasteiger partial charge in [0.1, 0.15) is 11.8 Å². The molecule has 0 aromatic heterocycles. The lowest BCUT2D eigenvalue weighted by atomic mass is 9.95. The third kappa shape index (κ3) is 4.28. The molecule has 0 radical (unpaired) electrons. The van der Waals surface area contributed by atoms with Crippen LogP contribution in [0.4, 0.5) is 0 Å². The zero-order valence-corrected chi connectivity index (χ0v) is 15.6. The SMILES string of the molecule is Cc1cc(O)cc(C)c1C[C@H](N)C(=O)N[C@H]1Cc2ccccc2CNC1=O. The van der Waals surface area contributed by atoms with Crippen molar-refractivity contribution in [3.63, 3.8) is 0 Å². The van der Waals surface area contributed by atoms with E-state index in [1.165, 1.54) is 0 Å². The molecule has 0 aliphatic carbocycles. The van der Waals surface area contributed by atoms with Crippen molar-refractivity contribution in [2.75, 3.05) is 0 Å². The minimum Gasteiger partial charge on any atom is -0.508 e. The van der Waals surface area contributed by atoms with Crippen molar-refractivity contribution in [3.8, 4) is 5.75 Å². The van der Waals surface area contributed by atoms with Crippen LogP contribution in [0.2, 0.25) is 0 Å². The zero-order chi connectivity index (χ0) is 19.6. The number of phenolic OH excluding ortho intramolecular Hbond substituents is 1. The van der Waals surface area contributed by atoms with Gasteiger partial charge in [-0.1, -0.05) is 24.3 Å². The van der Waals surface area contributed by atoms with Crippen LogP contribution in [0.5, 0.6) is 5.75 Å². The van der Waals surface area contributed by atoms with Crippen LogP contribution in [0.1, 0.15) is 27.8 Å². The summed E-state index contributed by atoms with van der Waals surface area (Å²) in [5.74, 6) is -0.370. The van der Waals surface area contributed by atoms with Gasteiger partial charge in [0.15, 0.2) is 0 Å². The molecule has 6 nitrogen and oxygen atoms in total. The van der Waals surface area contributed by atoms with Gasteiger partial charge in [-0.3, -0.25) is 9.59 Å². The highest BCUT2D eigenvalue weighted by Gasteiger charge is 2.27. The first kappa shape index (κ1) is 18.9. The highest BCUT2D eigenvalue weighted by molar-refractivity contribution is 5.90. The topological polar surface area (TPSA) is 104 Å². The van der Waals surface area contributed by atoms with Crippen LogP contribution in [0, 0.1) is 13.8 Å². The number of nitrogens with one attached hydrogen (secondary N) is 2. The van der Waals surface area contributed by atoms with Crippen molar-refractivity contribution in [2.45, 2.75) is 45.3 Å². The van der Waals surface area contributed by atoms with Gasteiger partial charge in [0.05, 0.1) is 6.04 Å². The molecule has 142 valence electrons. The molecule has 0 saturated heterocycles. The number of nitrogens with two attached hydrogens (primary N) is 1. The number of rotatable bonds is 4. The van der Waals surface area contributed by atoms with Crippen LogP contribution >= 0.6 is 0 Å². The summed E-state index contributed by atoms with van der Waals surface area (Å²) in [7, 11) is 0. The van der Waals surface area contributed by atoms with Crippen molar-refractivity contribution >= 4 is 11.8 Å². The third-order valence-corrected chi connectivity index (χ3v) is 5.07. The first-order valence-electron chi connectivity index (χ1n) is 9.04. The number of fused-ring (bicyclic) bond motifs is 1. The maximum Gasteiger partial charge on any atom is 0.243 e. The Kier molecular flexibility index (Phi) is 5.46. The Morgan fingerprint density at radius 1 is 1.26 bits per heavy atom. The molecule has 0 fully saturated rings. The molecule has 0 spiro atoms. The summed E-state index contributed by atoms with van der Waals surface area (Å²) < 4.78 is 0. The summed E-state index contributed by atoms with van der Waals surface area (Å²) in [4.78, 5) is 25.0. The molecule has 1 heterocycles. The van der Waals surface area contributed by atoms with E-state index in [9.17, 15) is 14.7 Å². The summed E-state index contributed by atoms with van der Waals surface area (Å²) in [5.41, 5.74) is 10.9. The number of carbonyl (C=O) groups excluding carboxylic acids is 2. The van der Waals surface area contributed by atoms with E-state index in [4.69, 9.17) is 5.73 Å². The molecule has 2 aromatic rings. The molecule has 3 rings (SSSR count). The standard InChI is InChI=1S/C21H25N3O3/c1-12-7-16(25)8-13(2)17(12)10-18(22)20(26)24-19-9-14-5-3-4-6-15(14)11-23-21(19)27/h3-8,18-19,25H,9-11,22H2,1-2H3,(H,23,27)(H,24,26)/t18-,19-/m0/s1. The predicted molar refractivity (Wildman–Crippen MR) is 103 cm³/mol. The van der Waals surface area contributed by atoms with E-state index in [1.54, 1.807) is 12.1 Å². The summed E-state index contributed by atoms with van der Waals surface area (Å²) >= 11 is 0. The van der Waals surface area contributed by atoms with Crippen LogP contribution in [-0.2, 0) is 29.0 Å². The second-order valence-electron chi connectivity index (χ2n) is 7.12. The molecule has 6 heteroatoms. The molecule has 0 unspecified atom stereocenters. The fraction of sp³-hybridized carbons (Fsp3) is 0.333. The number of hydrogen-bond donors (Lipinski definition) is 4. The third-order valence-electron chi connectivity index (χ3n) is 5.07. The van der Waals surface area contributed by atoms with Gasteiger partial charge < -0.3 is 21.5 Å². The van der Waals surface area contributed by atoms with Crippen molar-refractivity contribution in [3.05, 3.63) is 64.2 Å². The quantitative estimate of drug-likeness (QED) is 0.652. The largest absolute Gasteiger partial charge is 0.508 e. The minimum atomic E-state index is -0.779. The molecular formula is C21H25N3O3. The molecular weight excluding hydrogens is 342 g/mol. The summed E-state index contributed by atoms with van der Waals surface area (Å²) in [6, 6.07) is 9.69. The molecule has 0 bridgehead atoms. The minimum absolute atomic E-state index is 0.195. The van der Waals surface area contributed by atoms with Crippen molar-refractivity contribution in [1.29, 1.82) is 0 Å². The van der Waals surface area contributed by atoms with Gasteiger partial charge in [-0.25, -0.2) is 0 Å². The number of aromatic hydroxyl groups is 1. The van der Waals surface area contributed by atoms with E-state index in [2.05, 4.69) is 10.6 Å². The number of aryl methyl sites for hydroxylation is 2. The second-order valence-corrected chi connectivity index (χ2v) is 7.12. The number of carbonyl (C=O) groups is 2. The molecule has 27 heavy (non-hydrogen) atoms. The van der Waals surface area contributed by atoms with Gasteiger partial charge in [0, 0.05) is 13.0 Å². The van der Waals surface area contributed by atoms with Gasteiger partial charge in [-0.2, -0.15) is 0 Å². The normalized spacial score (nSPS) is 17.4. The van der Waals surface area contributed by atoms with E-state index >= 15 is 0 Å². The smallest absolute Gasteiger partial charge is 0.243 e. The van der Waals surface area contributed by atoms with Gasteiger partial charge >= 0.3 is 0 Å². The van der Waals surface area contributed by atoms with E-state index in [1.807, 2.05) is 38.1 Å². The number of hydrogen-bond acceptors (Lipinski definition) is 4. The summed E-state index contributed by atoms with van der Waals surface area (Å²) in [6.07, 6.45) is 0.784. The van der Waals surface area contributed by atoms with Crippen LogP contribution in [0.3, 0.4) is 0 Å².